The Hall–Kier alpha value is -0.800. The van der Waals surface area contributed by atoms with Crippen LogP contribution < -0.4 is 5.32 Å². The lowest BCUT2D eigenvalue weighted by Crippen LogP contribution is -2.38. The predicted molar refractivity (Wildman–Crippen MR) is 89.1 cm³/mol. The molecule has 1 saturated carbocycles. The van der Waals surface area contributed by atoms with E-state index >= 15 is 0 Å². The molecule has 2 nitrogen and oxygen atoms in total. The quantitative estimate of drug-likeness (QED) is 0.866. The minimum absolute atomic E-state index is 0.720. The van der Waals surface area contributed by atoms with Crippen LogP contribution in [0.1, 0.15) is 32.6 Å². The molecule has 1 aromatic heterocycles. The molecule has 2 aromatic rings. The van der Waals surface area contributed by atoms with Gasteiger partial charge in [0, 0.05) is 40.7 Å². The number of hydrogen-bond donors (Lipinski definition) is 1. The summed E-state index contributed by atoms with van der Waals surface area (Å²) in [5.41, 5.74) is 1.32. The SMILES string of the molecule is CC1CCCCC1NCCn1ccc2c(Br)cccc21. The van der Waals surface area contributed by atoms with Crippen LogP contribution in [0.5, 0.6) is 0 Å². The maximum atomic E-state index is 3.76. The van der Waals surface area contributed by atoms with E-state index in [1.54, 1.807) is 0 Å². The average Bonchev–Trinajstić information content (AvgIpc) is 2.86. The Morgan fingerprint density at radius 1 is 1.25 bits per heavy atom. The van der Waals surface area contributed by atoms with Gasteiger partial charge in [0.1, 0.15) is 0 Å². The van der Waals surface area contributed by atoms with Crippen molar-refractivity contribution in [2.24, 2.45) is 5.92 Å². The van der Waals surface area contributed by atoms with Gasteiger partial charge in [-0.15, -0.1) is 0 Å². The molecular formula is C17H23BrN2. The first kappa shape index (κ1) is 14.2. The van der Waals surface area contributed by atoms with Crippen LogP contribution in [0, 0.1) is 5.92 Å². The molecule has 1 fully saturated rings. The molecule has 0 aliphatic heterocycles. The molecule has 0 amide bonds. The molecule has 0 saturated heterocycles. The number of halogens is 1. The number of rotatable bonds is 4. The summed E-state index contributed by atoms with van der Waals surface area (Å²) in [6.45, 7) is 4.49. The second-order valence-electron chi connectivity index (χ2n) is 6.00. The fourth-order valence-corrected chi connectivity index (χ4v) is 3.86. The van der Waals surface area contributed by atoms with Crippen LogP contribution in [0.4, 0.5) is 0 Å². The van der Waals surface area contributed by atoms with Crippen LogP contribution in [0.2, 0.25) is 0 Å². The van der Waals surface area contributed by atoms with Crippen molar-refractivity contribution in [2.45, 2.75) is 45.2 Å². The van der Waals surface area contributed by atoms with Gasteiger partial charge in [0.25, 0.3) is 0 Å². The van der Waals surface area contributed by atoms with E-state index in [1.807, 2.05) is 0 Å². The van der Waals surface area contributed by atoms with Crippen molar-refractivity contribution >= 4 is 26.8 Å². The number of fused-ring (bicyclic) bond motifs is 1. The highest BCUT2D eigenvalue weighted by atomic mass is 79.9. The van der Waals surface area contributed by atoms with Gasteiger partial charge >= 0.3 is 0 Å². The molecule has 3 heteroatoms. The second kappa shape index (κ2) is 6.31. The number of benzene rings is 1. The minimum atomic E-state index is 0.720. The van der Waals surface area contributed by atoms with E-state index in [2.05, 4.69) is 63.2 Å². The third kappa shape index (κ3) is 2.94. The Labute approximate surface area is 129 Å². The summed E-state index contributed by atoms with van der Waals surface area (Å²) in [5.74, 6) is 0.833. The Bertz CT molecular complexity index is 575. The zero-order chi connectivity index (χ0) is 13.9. The minimum Gasteiger partial charge on any atom is -0.346 e. The Morgan fingerprint density at radius 2 is 2.10 bits per heavy atom. The van der Waals surface area contributed by atoms with Crippen LogP contribution in [0.3, 0.4) is 0 Å². The summed E-state index contributed by atoms with van der Waals surface area (Å²) in [5, 5.41) is 5.06. The number of aromatic nitrogens is 1. The van der Waals surface area contributed by atoms with Gasteiger partial charge in [-0.25, -0.2) is 0 Å². The third-order valence-corrected chi connectivity index (χ3v) is 5.32. The molecule has 2 unspecified atom stereocenters. The molecule has 0 radical (unpaired) electrons. The molecular weight excluding hydrogens is 312 g/mol. The van der Waals surface area contributed by atoms with Crippen LogP contribution in [0.25, 0.3) is 10.9 Å². The molecule has 3 rings (SSSR count). The van der Waals surface area contributed by atoms with E-state index in [0.29, 0.717) is 0 Å². The summed E-state index contributed by atoms with van der Waals surface area (Å²) < 4.78 is 3.53. The second-order valence-corrected chi connectivity index (χ2v) is 6.86. The Balaban J connectivity index is 1.61. The van der Waals surface area contributed by atoms with Gasteiger partial charge in [0.2, 0.25) is 0 Å². The highest BCUT2D eigenvalue weighted by molar-refractivity contribution is 9.10. The van der Waals surface area contributed by atoms with E-state index in [-0.39, 0.29) is 0 Å². The third-order valence-electron chi connectivity index (χ3n) is 4.63. The fraction of sp³-hybridized carbons (Fsp3) is 0.529. The Kier molecular flexibility index (Phi) is 4.47. The van der Waals surface area contributed by atoms with Crippen molar-refractivity contribution in [3.05, 3.63) is 34.9 Å². The fourth-order valence-electron chi connectivity index (χ4n) is 3.37. The predicted octanol–water partition coefficient (Wildman–Crippen LogP) is 4.57. The summed E-state index contributed by atoms with van der Waals surface area (Å²) >= 11 is 3.62. The van der Waals surface area contributed by atoms with Crippen molar-refractivity contribution in [3.63, 3.8) is 0 Å². The van der Waals surface area contributed by atoms with Crippen LogP contribution in [0.15, 0.2) is 34.9 Å². The van der Waals surface area contributed by atoms with E-state index in [9.17, 15) is 0 Å². The molecule has 1 aliphatic carbocycles. The summed E-state index contributed by atoms with van der Waals surface area (Å²) in [6, 6.07) is 9.33. The average molecular weight is 335 g/mol. The van der Waals surface area contributed by atoms with Crippen LogP contribution >= 0.6 is 15.9 Å². The van der Waals surface area contributed by atoms with E-state index in [4.69, 9.17) is 0 Å². The number of nitrogens with one attached hydrogen (secondary N) is 1. The summed E-state index contributed by atoms with van der Waals surface area (Å²) in [6.07, 6.45) is 7.73. The monoisotopic (exact) mass is 334 g/mol. The van der Waals surface area contributed by atoms with Crippen LogP contribution in [-0.4, -0.2) is 17.2 Å². The zero-order valence-electron chi connectivity index (χ0n) is 12.1. The van der Waals surface area contributed by atoms with Crippen LogP contribution in [-0.2, 0) is 6.54 Å². The summed E-state index contributed by atoms with van der Waals surface area (Å²) in [7, 11) is 0. The summed E-state index contributed by atoms with van der Waals surface area (Å²) in [4.78, 5) is 0. The highest BCUT2D eigenvalue weighted by Gasteiger charge is 2.20. The van der Waals surface area contributed by atoms with E-state index in [0.717, 1.165) is 25.0 Å². The molecule has 1 aromatic carbocycles. The van der Waals surface area contributed by atoms with Crippen molar-refractivity contribution in [1.82, 2.24) is 9.88 Å². The largest absolute Gasteiger partial charge is 0.346 e. The molecule has 1 N–H and O–H groups in total. The molecule has 0 bridgehead atoms. The maximum absolute atomic E-state index is 3.76. The van der Waals surface area contributed by atoms with Gasteiger partial charge in [-0.2, -0.15) is 0 Å². The normalized spacial score (nSPS) is 23.3. The lowest BCUT2D eigenvalue weighted by molar-refractivity contribution is 0.279. The van der Waals surface area contributed by atoms with Gasteiger partial charge in [-0.1, -0.05) is 41.8 Å². The topological polar surface area (TPSA) is 17.0 Å². The molecule has 20 heavy (non-hydrogen) atoms. The van der Waals surface area contributed by atoms with E-state index in [1.165, 1.54) is 41.1 Å². The van der Waals surface area contributed by atoms with E-state index < -0.39 is 0 Å². The Morgan fingerprint density at radius 3 is 2.95 bits per heavy atom. The highest BCUT2D eigenvalue weighted by Crippen LogP contribution is 2.25. The smallest absolute Gasteiger partial charge is 0.0492 e. The first-order chi connectivity index (χ1) is 9.75. The first-order valence-electron chi connectivity index (χ1n) is 7.72. The lowest BCUT2D eigenvalue weighted by Gasteiger charge is -2.29. The molecule has 1 aliphatic rings. The van der Waals surface area contributed by atoms with Crippen molar-refractivity contribution in [3.8, 4) is 0 Å². The zero-order valence-corrected chi connectivity index (χ0v) is 13.7. The standard InChI is InChI=1S/C17H23BrN2/c1-13-5-2-3-7-16(13)19-10-12-20-11-9-14-15(18)6-4-8-17(14)20/h4,6,8-9,11,13,16,19H,2-3,5,7,10,12H2,1H3. The van der Waals surface area contributed by atoms with Gasteiger partial charge in [0.05, 0.1) is 0 Å². The first-order valence-corrected chi connectivity index (χ1v) is 8.52. The van der Waals surface area contributed by atoms with Gasteiger partial charge in [-0.05, 0) is 37.0 Å². The molecule has 0 spiro atoms. The lowest BCUT2D eigenvalue weighted by atomic mass is 9.86. The van der Waals surface area contributed by atoms with Crippen molar-refractivity contribution in [1.29, 1.82) is 0 Å². The van der Waals surface area contributed by atoms with Gasteiger partial charge < -0.3 is 9.88 Å². The maximum Gasteiger partial charge on any atom is 0.0492 e. The molecule has 1 heterocycles. The number of hydrogen-bond acceptors (Lipinski definition) is 1. The van der Waals surface area contributed by atoms with Gasteiger partial charge in [-0.3, -0.25) is 0 Å². The molecule has 2 atom stereocenters. The number of nitrogens with zero attached hydrogens (tertiary/aromatic N) is 1. The van der Waals surface area contributed by atoms with Crippen molar-refractivity contribution in [2.75, 3.05) is 6.54 Å². The van der Waals surface area contributed by atoms with Gasteiger partial charge in [0.15, 0.2) is 0 Å². The van der Waals surface area contributed by atoms with Crippen molar-refractivity contribution < 1.29 is 0 Å². The molecule has 108 valence electrons.